The van der Waals surface area contributed by atoms with Gasteiger partial charge in [-0.15, -0.1) is 12.4 Å². The maximum Gasteiger partial charge on any atom is 0.0168 e. The van der Waals surface area contributed by atoms with Gasteiger partial charge in [0.2, 0.25) is 0 Å². The van der Waals surface area contributed by atoms with Gasteiger partial charge in [0.25, 0.3) is 0 Å². The van der Waals surface area contributed by atoms with E-state index in [-0.39, 0.29) is 12.4 Å². The van der Waals surface area contributed by atoms with E-state index < -0.39 is 0 Å². The Labute approximate surface area is 110 Å². The summed E-state index contributed by atoms with van der Waals surface area (Å²) < 4.78 is 0. The summed E-state index contributed by atoms with van der Waals surface area (Å²) in [5, 5.41) is 0. The SMILES string of the molecule is Cl.N[C@@H]1CCCN(C/C=C/c2ccccc2)C1. The van der Waals surface area contributed by atoms with Crippen LogP contribution in [-0.4, -0.2) is 30.6 Å². The van der Waals surface area contributed by atoms with Gasteiger partial charge in [0.1, 0.15) is 0 Å². The molecule has 1 aromatic rings. The normalized spacial score (nSPS) is 21.4. The molecular weight excluding hydrogens is 232 g/mol. The molecule has 0 aromatic heterocycles. The Morgan fingerprint density at radius 3 is 2.76 bits per heavy atom. The van der Waals surface area contributed by atoms with E-state index >= 15 is 0 Å². The maximum atomic E-state index is 5.94. The maximum absolute atomic E-state index is 5.94. The molecule has 3 heteroatoms. The first-order valence-electron chi connectivity index (χ1n) is 6.04. The second-order valence-corrected chi connectivity index (χ2v) is 4.47. The van der Waals surface area contributed by atoms with Gasteiger partial charge in [-0.05, 0) is 24.9 Å². The van der Waals surface area contributed by atoms with Crippen molar-refractivity contribution in [2.24, 2.45) is 5.73 Å². The van der Waals surface area contributed by atoms with E-state index in [0.29, 0.717) is 6.04 Å². The van der Waals surface area contributed by atoms with Crippen molar-refractivity contribution < 1.29 is 0 Å². The van der Waals surface area contributed by atoms with Crippen LogP contribution in [0.15, 0.2) is 36.4 Å². The Bertz CT molecular complexity index is 337. The molecule has 0 radical (unpaired) electrons. The van der Waals surface area contributed by atoms with Gasteiger partial charge in [-0.25, -0.2) is 0 Å². The molecule has 0 bridgehead atoms. The van der Waals surface area contributed by atoms with Crippen molar-refractivity contribution in [3.8, 4) is 0 Å². The van der Waals surface area contributed by atoms with E-state index in [2.05, 4.69) is 41.3 Å². The highest BCUT2D eigenvalue weighted by Crippen LogP contribution is 2.08. The molecule has 0 saturated carbocycles. The molecule has 94 valence electrons. The van der Waals surface area contributed by atoms with Crippen LogP contribution in [0.4, 0.5) is 0 Å². The lowest BCUT2D eigenvalue weighted by molar-refractivity contribution is 0.229. The van der Waals surface area contributed by atoms with Gasteiger partial charge >= 0.3 is 0 Å². The molecule has 0 unspecified atom stereocenters. The summed E-state index contributed by atoms with van der Waals surface area (Å²) in [6.07, 6.45) is 6.83. The lowest BCUT2D eigenvalue weighted by Gasteiger charge is -2.29. The Kier molecular flexibility index (Phi) is 6.27. The summed E-state index contributed by atoms with van der Waals surface area (Å²) >= 11 is 0. The highest BCUT2D eigenvalue weighted by atomic mass is 35.5. The van der Waals surface area contributed by atoms with Crippen LogP contribution in [0.2, 0.25) is 0 Å². The van der Waals surface area contributed by atoms with Crippen molar-refractivity contribution >= 4 is 18.5 Å². The molecule has 17 heavy (non-hydrogen) atoms. The van der Waals surface area contributed by atoms with Crippen molar-refractivity contribution in [1.29, 1.82) is 0 Å². The minimum absolute atomic E-state index is 0. The van der Waals surface area contributed by atoms with Crippen LogP contribution in [0.3, 0.4) is 0 Å². The zero-order valence-electron chi connectivity index (χ0n) is 10.1. The van der Waals surface area contributed by atoms with Crippen LogP contribution in [0.5, 0.6) is 0 Å². The summed E-state index contributed by atoms with van der Waals surface area (Å²) in [6, 6.07) is 10.8. The Morgan fingerprint density at radius 1 is 1.29 bits per heavy atom. The minimum Gasteiger partial charge on any atom is -0.327 e. The number of hydrogen-bond donors (Lipinski definition) is 1. The van der Waals surface area contributed by atoms with Crippen LogP contribution in [0, 0.1) is 0 Å². The predicted molar refractivity (Wildman–Crippen MR) is 76.4 cm³/mol. The molecule has 1 fully saturated rings. The minimum atomic E-state index is 0. The first kappa shape index (κ1) is 14.2. The fourth-order valence-electron chi connectivity index (χ4n) is 2.16. The van der Waals surface area contributed by atoms with Gasteiger partial charge in [-0.3, -0.25) is 4.90 Å². The van der Waals surface area contributed by atoms with Gasteiger partial charge in [-0.1, -0.05) is 42.5 Å². The number of nitrogens with zero attached hydrogens (tertiary/aromatic N) is 1. The second-order valence-electron chi connectivity index (χ2n) is 4.47. The standard InChI is InChI=1S/C14H20N2.ClH/c15-14-9-5-11-16(12-14)10-4-8-13-6-2-1-3-7-13;/h1-4,6-8,14H,5,9-12,15H2;1H/b8-4+;/t14-;/m1./s1. The molecule has 0 aliphatic carbocycles. The summed E-state index contributed by atoms with van der Waals surface area (Å²) in [5.41, 5.74) is 7.21. The highest BCUT2D eigenvalue weighted by Gasteiger charge is 2.14. The van der Waals surface area contributed by atoms with Gasteiger partial charge in [0.15, 0.2) is 0 Å². The molecule has 1 aromatic carbocycles. The van der Waals surface area contributed by atoms with Crippen molar-refractivity contribution in [2.75, 3.05) is 19.6 Å². The lowest BCUT2D eigenvalue weighted by Crippen LogP contribution is -2.42. The third-order valence-electron chi connectivity index (χ3n) is 3.02. The fourth-order valence-corrected chi connectivity index (χ4v) is 2.16. The molecule has 1 saturated heterocycles. The molecule has 1 aliphatic heterocycles. The highest BCUT2D eigenvalue weighted by molar-refractivity contribution is 5.85. The Hall–Kier alpha value is -0.830. The number of hydrogen-bond acceptors (Lipinski definition) is 2. The van der Waals surface area contributed by atoms with Crippen molar-refractivity contribution in [3.63, 3.8) is 0 Å². The smallest absolute Gasteiger partial charge is 0.0168 e. The van der Waals surface area contributed by atoms with E-state index in [1.165, 1.54) is 24.9 Å². The number of halogens is 1. The molecule has 2 nitrogen and oxygen atoms in total. The van der Waals surface area contributed by atoms with E-state index in [4.69, 9.17) is 5.73 Å². The van der Waals surface area contributed by atoms with E-state index in [1.54, 1.807) is 0 Å². The van der Waals surface area contributed by atoms with Crippen LogP contribution < -0.4 is 5.73 Å². The molecule has 1 atom stereocenters. The largest absolute Gasteiger partial charge is 0.327 e. The second kappa shape index (κ2) is 7.49. The summed E-state index contributed by atoms with van der Waals surface area (Å²) in [7, 11) is 0. The fraction of sp³-hybridized carbons (Fsp3) is 0.429. The molecule has 2 N–H and O–H groups in total. The van der Waals surface area contributed by atoms with Crippen molar-refractivity contribution in [1.82, 2.24) is 4.90 Å². The van der Waals surface area contributed by atoms with Crippen molar-refractivity contribution in [2.45, 2.75) is 18.9 Å². The third-order valence-corrected chi connectivity index (χ3v) is 3.02. The lowest BCUT2D eigenvalue weighted by atomic mass is 10.1. The number of rotatable bonds is 3. The van der Waals surface area contributed by atoms with Gasteiger partial charge < -0.3 is 5.73 Å². The average molecular weight is 253 g/mol. The number of benzene rings is 1. The number of nitrogens with two attached hydrogens (primary N) is 1. The van der Waals surface area contributed by atoms with Gasteiger partial charge in [-0.2, -0.15) is 0 Å². The monoisotopic (exact) mass is 252 g/mol. The topological polar surface area (TPSA) is 29.3 Å². The van der Waals surface area contributed by atoms with E-state index in [1.807, 2.05) is 6.07 Å². The molecule has 2 rings (SSSR count). The van der Waals surface area contributed by atoms with Crippen LogP contribution in [0.1, 0.15) is 18.4 Å². The zero-order chi connectivity index (χ0) is 11.2. The predicted octanol–water partition coefficient (Wildman–Crippen LogP) is 2.54. The first-order chi connectivity index (χ1) is 7.84. The molecule has 1 aliphatic rings. The first-order valence-corrected chi connectivity index (χ1v) is 6.04. The Morgan fingerprint density at radius 2 is 2.06 bits per heavy atom. The zero-order valence-corrected chi connectivity index (χ0v) is 10.9. The number of likely N-dealkylation sites (tertiary alicyclic amines) is 1. The third kappa shape index (κ3) is 4.90. The van der Waals surface area contributed by atoms with Gasteiger partial charge in [0, 0.05) is 19.1 Å². The summed E-state index contributed by atoms with van der Waals surface area (Å²) in [4.78, 5) is 2.42. The molecular formula is C14H21ClN2. The molecule has 0 spiro atoms. The van der Waals surface area contributed by atoms with Crippen LogP contribution in [0.25, 0.3) is 6.08 Å². The summed E-state index contributed by atoms with van der Waals surface area (Å²) in [5.74, 6) is 0. The number of piperidine rings is 1. The molecule has 1 heterocycles. The molecule has 0 amide bonds. The Balaban J connectivity index is 0.00000144. The average Bonchev–Trinajstić information content (AvgIpc) is 2.30. The van der Waals surface area contributed by atoms with Gasteiger partial charge in [0.05, 0.1) is 0 Å². The van der Waals surface area contributed by atoms with Crippen LogP contribution >= 0.6 is 12.4 Å². The van der Waals surface area contributed by atoms with E-state index in [9.17, 15) is 0 Å². The quantitative estimate of drug-likeness (QED) is 0.896. The van der Waals surface area contributed by atoms with Crippen molar-refractivity contribution in [3.05, 3.63) is 42.0 Å². The van der Waals surface area contributed by atoms with Crippen LogP contribution in [-0.2, 0) is 0 Å². The summed E-state index contributed by atoms with van der Waals surface area (Å²) in [6.45, 7) is 3.24. The van der Waals surface area contributed by atoms with E-state index in [0.717, 1.165) is 13.1 Å².